The number of aliphatic imine (C=N–C) groups is 2. The van der Waals surface area contributed by atoms with Crippen LogP contribution in [-0.2, 0) is 62.5 Å². The van der Waals surface area contributed by atoms with Gasteiger partial charge in [0, 0.05) is 64.6 Å². The van der Waals surface area contributed by atoms with E-state index < -0.39 is 114 Å². The van der Waals surface area contributed by atoms with Crippen LogP contribution in [0.15, 0.2) is 64.6 Å². The van der Waals surface area contributed by atoms with Gasteiger partial charge in [0.15, 0.2) is 11.9 Å². The third-order valence-corrected chi connectivity index (χ3v) is 16.7. The van der Waals surface area contributed by atoms with Crippen LogP contribution >= 0.6 is 0 Å². The molecule has 0 radical (unpaired) electrons. The average molecular weight is 1140 g/mol. The number of likely N-dealkylation sites (tertiary alicyclic amines) is 2. The van der Waals surface area contributed by atoms with E-state index in [-0.39, 0.29) is 102 Å². The molecule has 26 heteroatoms. The molecule has 2 unspecified atom stereocenters. The second-order valence-corrected chi connectivity index (χ2v) is 22.4. The van der Waals surface area contributed by atoms with Crippen LogP contribution in [0.3, 0.4) is 0 Å². The fraction of sp³-hybridized carbons (Fsp3) is 0.589. The zero-order chi connectivity index (χ0) is 58.6. The molecule has 82 heavy (non-hydrogen) atoms. The van der Waals surface area contributed by atoms with E-state index in [2.05, 4.69) is 36.6 Å². The molecule has 0 aromatic heterocycles. The molecule has 5 heterocycles. The smallest absolute Gasteiger partial charge is 0.246 e. The summed E-state index contributed by atoms with van der Waals surface area (Å²) in [5.74, 6) is -5.49. The van der Waals surface area contributed by atoms with Crippen LogP contribution < -0.4 is 55.3 Å². The van der Waals surface area contributed by atoms with Gasteiger partial charge in [-0.3, -0.25) is 53.1 Å². The molecule has 444 valence electrons. The van der Waals surface area contributed by atoms with E-state index in [1.54, 1.807) is 35.2 Å². The Balaban J connectivity index is 1.00. The highest BCUT2D eigenvalue weighted by Gasteiger charge is 2.52. The molecule has 5 aliphatic heterocycles. The zero-order valence-electron chi connectivity index (χ0n) is 46.3. The topological polar surface area (TPSA) is 402 Å². The number of hydrogen-bond donors (Lipinski definition) is 11. The second kappa shape index (κ2) is 27.7. The van der Waals surface area contributed by atoms with Crippen molar-refractivity contribution in [3.8, 4) is 0 Å². The van der Waals surface area contributed by atoms with Gasteiger partial charge in [-0.25, -0.2) is 0 Å². The summed E-state index contributed by atoms with van der Waals surface area (Å²) < 4.78 is 0. The molecule has 16 N–H and O–H groups in total. The molecule has 1 aliphatic carbocycles. The van der Waals surface area contributed by atoms with Crippen LogP contribution in [0.4, 0.5) is 0 Å². The van der Waals surface area contributed by atoms with E-state index >= 15 is 9.59 Å². The minimum absolute atomic E-state index is 0.0136. The van der Waals surface area contributed by atoms with Crippen molar-refractivity contribution in [2.45, 2.75) is 163 Å². The lowest BCUT2D eigenvalue weighted by Gasteiger charge is -2.43. The lowest BCUT2D eigenvalue weighted by Crippen LogP contribution is -2.63. The Morgan fingerprint density at radius 1 is 0.768 bits per heavy atom. The van der Waals surface area contributed by atoms with Gasteiger partial charge in [-0.15, -0.1) is 0 Å². The highest BCUT2D eigenvalue weighted by atomic mass is 16.3. The summed E-state index contributed by atoms with van der Waals surface area (Å²) >= 11 is 0. The van der Waals surface area contributed by atoms with Crippen LogP contribution in [0, 0.1) is 5.92 Å². The predicted molar refractivity (Wildman–Crippen MR) is 301 cm³/mol. The maximum atomic E-state index is 15.4. The molecule has 11 atom stereocenters. The van der Waals surface area contributed by atoms with Gasteiger partial charge in [-0.05, 0) is 86.8 Å². The molecule has 2 aromatic rings. The Kier molecular flexibility index (Phi) is 20.4. The Bertz CT molecular complexity index is 2740. The number of nitrogens with one attached hydrogen (secondary N) is 5. The van der Waals surface area contributed by atoms with Crippen LogP contribution in [0.1, 0.15) is 100 Å². The third-order valence-electron chi connectivity index (χ3n) is 16.7. The van der Waals surface area contributed by atoms with Crippen molar-refractivity contribution in [1.82, 2.24) is 46.2 Å². The molecule has 6 aliphatic rings. The number of nitrogens with two attached hydrogens (primary N) is 5. The van der Waals surface area contributed by atoms with Gasteiger partial charge in [0.05, 0.1) is 18.7 Å². The minimum atomic E-state index is -1.35. The monoisotopic (exact) mass is 1140 g/mol. The first-order chi connectivity index (χ1) is 39.4. The Morgan fingerprint density at radius 3 is 2.22 bits per heavy atom. The number of aliphatic hydroxyl groups is 1. The third kappa shape index (κ3) is 14.8. The molecule has 26 nitrogen and oxygen atoms in total. The Morgan fingerprint density at radius 2 is 1.48 bits per heavy atom. The quantitative estimate of drug-likeness (QED) is 0.0398. The number of rotatable bonds is 18. The van der Waals surface area contributed by atoms with Crippen molar-refractivity contribution in [1.29, 1.82) is 0 Å². The van der Waals surface area contributed by atoms with Crippen molar-refractivity contribution in [3.63, 3.8) is 0 Å². The summed E-state index contributed by atoms with van der Waals surface area (Å²) in [6, 6.07) is 7.26. The van der Waals surface area contributed by atoms with E-state index in [9.17, 15) is 38.7 Å². The maximum Gasteiger partial charge on any atom is 0.246 e. The van der Waals surface area contributed by atoms with E-state index in [1.165, 1.54) is 14.7 Å². The van der Waals surface area contributed by atoms with Crippen molar-refractivity contribution in [2.75, 3.05) is 39.3 Å². The summed E-state index contributed by atoms with van der Waals surface area (Å²) in [4.78, 5) is 143. The van der Waals surface area contributed by atoms with E-state index in [1.807, 2.05) is 24.3 Å². The predicted octanol–water partition coefficient (Wildman–Crippen LogP) is -3.18. The van der Waals surface area contributed by atoms with Crippen LogP contribution in [0.25, 0.3) is 0 Å². The van der Waals surface area contributed by atoms with E-state index in [0.717, 1.165) is 30.4 Å². The zero-order valence-corrected chi connectivity index (χ0v) is 46.3. The number of fused-ring (bicyclic) bond motifs is 5. The molecular weight excluding hydrogens is 1060 g/mol. The largest absolute Gasteiger partial charge is 0.391 e. The molecule has 9 amide bonds. The number of amides is 9. The van der Waals surface area contributed by atoms with Gasteiger partial charge < -0.3 is 80.0 Å². The Labute approximate surface area is 476 Å². The molecule has 1 saturated carbocycles. The van der Waals surface area contributed by atoms with Gasteiger partial charge in [-0.1, -0.05) is 67.4 Å². The molecule has 5 fully saturated rings. The van der Waals surface area contributed by atoms with Crippen molar-refractivity contribution >= 4 is 65.1 Å². The molecule has 2 aromatic carbocycles. The first-order valence-corrected chi connectivity index (χ1v) is 28.7. The molecule has 4 saturated heterocycles. The van der Waals surface area contributed by atoms with E-state index in [0.29, 0.717) is 44.1 Å². The van der Waals surface area contributed by atoms with Crippen molar-refractivity contribution in [2.24, 2.45) is 44.6 Å². The molecular formula is C56H80N16O10. The van der Waals surface area contributed by atoms with Gasteiger partial charge in [-0.2, -0.15) is 0 Å². The highest BCUT2D eigenvalue weighted by molar-refractivity contribution is 5.99. The summed E-state index contributed by atoms with van der Waals surface area (Å²) in [5.41, 5.74) is 30.5. The maximum absolute atomic E-state index is 15.4. The number of carbonyl (C=O) groups is 9. The lowest BCUT2D eigenvalue weighted by molar-refractivity contribution is -0.153. The summed E-state index contributed by atoms with van der Waals surface area (Å²) in [6.45, 7) is -0.252. The van der Waals surface area contributed by atoms with Gasteiger partial charge in [0.1, 0.15) is 42.3 Å². The van der Waals surface area contributed by atoms with Crippen molar-refractivity contribution < 1.29 is 48.3 Å². The van der Waals surface area contributed by atoms with Gasteiger partial charge in [0.25, 0.3) is 0 Å². The molecule has 0 bridgehead atoms. The number of nitrogens with zero attached hydrogens (tertiary/aromatic N) is 6. The number of β-amino-alcohol motifs (C(OH)–C–C–N with tert-alkyl or cyclic N) is 1. The molecule has 0 spiro atoms. The molecule has 8 rings (SSSR count). The first-order valence-electron chi connectivity index (χ1n) is 28.7. The lowest BCUT2D eigenvalue weighted by atomic mass is 9.84. The van der Waals surface area contributed by atoms with Crippen LogP contribution in [0.5, 0.6) is 0 Å². The fourth-order valence-electron chi connectivity index (χ4n) is 12.6. The van der Waals surface area contributed by atoms with Crippen molar-refractivity contribution in [3.05, 3.63) is 71.3 Å². The van der Waals surface area contributed by atoms with Crippen LogP contribution in [0.2, 0.25) is 0 Å². The fourth-order valence-corrected chi connectivity index (χ4v) is 12.6. The number of benzene rings is 2. The summed E-state index contributed by atoms with van der Waals surface area (Å²) in [7, 11) is 0. The number of carbonyl (C=O) groups excluding carboxylic acids is 9. The number of aliphatic hydroxyl groups excluding tert-OH is 1. The highest BCUT2D eigenvalue weighted by Crippen LogP contribution is 2.41. The second-order valence-electron chi connectivity index (χ2n) is 22.4. The van der Waals surface area contributed by atoms with Crippen LogP contribution in [-0.4, -0.2) is 190 Å². The summed E-state index contributed by atoms with van der Waals surface area (Å²) in [5, 5.41) is 24.8. The van der Waals surface area contributed by atoms with Gasteiger partial charge in [0.2, 0.25) is 53.2 Å². The SMILES string of the molecule is NC(N)=NCCC[C@@H]1NC(=O)[C@@H]2CC3CCCCC3N2C(=O)[C@H]2Cc3ccccc3CN2C(=O)[C@@H](NC(=O)[C@H](Cc2ccccc2)NC(=O)CNC(=O)[C@@H]2C[C@@H](O)CN2C(=O)[C@@H]2CCCN2C(=O)[C@@H](N)CCCN=C(N)N)CCNC1=O. The average Bonchev–Trinajstić information content (AvgIpc) is 4.37. The first kappa shape index (κ1) is 60.2. The minimum Gasteiger partial charge on any atom is -0.391 e. The van der Waals surface area contributed by atoms with E-state index in [4.69, 9.17) is 28.7 Å². The Hall–Kier alpha value is -7.87. The number of guanidine groups is 2. The summed E-state index contributed by atoms with van der Waals surface area (Å²) in [6.07, 6.45) is 4.38. The number of hydrogen-bond acceptors (Lipinski definition) is 13. The normalized spacial score (nSPS) is 26.3. The standard InChI is InChI=1S/C56H80N16O10/c57-37(16-8-21-63-55(58)59)51(79)69-24-10-19-42(69)53(81)71-31-36(73)28-43(71)49(77)65-29-46(74)66-40(25-32-11-2-1-3-12-32)48(76)68-39-20-23-62-47(75)38(17-9-22-64-56(60)61)67-50(78)44-27-34-14-6-7-18-41(34)72(44)54(82)45-26-33-13-4-5-15-35(33)30-70(45)52(39)80/h1-5,11-13,15,34,36-45,73H,6-10,14,16-31,57H2,(H,62,75)(H,65,77)(H,66,74)(H,67,78)(H,68,76)(H4,58,59,63)(H4,60,61,64)/t34?,36-,37+,38+,39+,40+,41?,42+,43+,44+,45-/m1/s1. The van der Waals surface area contributed by atoms with Gasteiger partial charge >= 0.3 is 0 Å².